The van der Waals surface area contributed by atoms with Crippen molar-refractivity contribution in [3.63, 3.8) is 0 Å². The Bertz CT molecular complexity index is 1280. The van der Waals surface area contributed by atoms with Crippen LogP contribution in [0.1, 0.15) is 12.6 Å². The third-order valence-corrected chi connectivity index (χ3v) is 6.59. The van der Waals surface area contributed by atoms with Crippen LogP contribution in [0.25, 0.3) is 28.1 Å². The van der Waals surface area contributed by atoms with Gasteiger partial charge in [-0.2, -0.15) is 5.26 Å². The highest BCUT2D eigenvalue weighted by molar-refractivity contribution is 7.93. The number of nitrogens with zero attached hydrogens (tertiary/aromatic N) is 3. The summed E-state index contributed by atoms with van der Waals surface area (Å²) in [5.74, 6) is 0. The van der Waals surface area contributed by atoms with Crippen LogP contribution < -0.4 is 9.62 Å². The molecule has 0 bridgehead atoms. The van der Waals surface area contributed by atoms with Gasteiger partial charge in [0.25, 0.3) is 10.0 Å². The molecule has 0 fully saturated rings. The van der Waals surface area contributed by atoms with Crippen molar-refractivity contribution >= 4 is 32.6 Å². The van der Waals surface area contributed by atoms with E-state index in [0.29, 0.717) is 12.3 Å². The number of hydrogen-bond acceptors (Lipinski definition) is 5. The van der Waals surface area contributed by atoms with Gasteiger partial charge < -0.3 is 14.2 Å². The van der Waals surface area contributed by atoms with Gasteiger partial charge in [-0.15, -0.1) is 0 Å². The number of benzene rings is 2. The van der Waals surface area contributed by atoms with Crippen molar-refractivity contribution < 1.29 is 13.2 Å². The van der Waals surface area contributed by atoms with Crippen LogP contribution in [-0.2, 0) is 21.8 Å². The molecular weight excluding hydrogens is 424 g/mol. The van der Waals surface area contributed by atoms with E-state index >= 15 is 0 Å². The maximum Gasteiger partial charge on any atom is 0.250 e. The molecule has 0 amide bonds. The largest absolute Gasteiger partial charge is 0.380 e. The quantitative estimate of drug-likeness (QED) is 0.395. The predicted molar refractivity (Wildman–Crippen MR) is 130 cm³/mol. The zero-order valence-electron chi connectivity index (χ0n) is 18.8. The Morgan fingerprint density at radius 1 is 1.16 bits per heavy atom. The van der Waals surface area contributed by atoms with Gasteiger partial charge in [-0.3, -0.25) is 0 Å². The summed E-state index contributed by atoms with van der Waals surface area (Å²) in [6, 6.07) is 18.1. The fourth-order valence-corrected chi connectivity index (χ4v) is 4.31. The molecule has 32 heavy (non-hydrogen) atoms. The molecule has 1 aromatic heterocycles. The number of hydrogen-bond donors (Lipinski definition) is 1. The van der Waals surface area contributed by atoms with Gasteiger partial charge in [0.1, 0.15) is 6.07 Å². The number of sulfonamides is 1. The lowest BCUT2D eigenvalue weighted by molar-refractivity contribution is 0.153. The van der Waals surface area contributed by atoms with E-state index in [4.69, 9.17) is 4.74 Å². The predicted octanol–water partition coefficient (Wildman–Crippen LogP) is 3.73. The van der Waals surface area contributed by atoms with Crippen LogP contribution >= 0.6 is 0 Å². The van der Waals surface area contributed by atoms with E-state index in [2.05, 4.69) is 40.0 Å². The number of nitrogens with one attached hydrogen (secondary N) is 1. The first kappa shape index (κ1) is 23.5. The van der Waals surface area contributed by atoms with E-state index in [1.807, 2.05) is 50.8 Å². The van der Waals surface area contributed by atoms with E-state index in [-0.39, 0.29) is 18.1 Å². The molecule has 2 aromatic carbocycles. The van der Waals surface area contributed by atoms with Crippen LogP contribution in [-0.4, -0.2) is 46.8 Å². The Morgan fingerprint density at radius 2 is 1.88 bits per heavy atom. The minimum Gasteiger partial charge on any atom is -0.380 e. The summed E-state index contributed by atoms with van der Waals surface area (Å²) in [6.07, 6.45) is 1.39. The monoisotopic (exact) mass is 452 g/mol. The van der Waals surface area contributed by atoms with Gasteiger partial charge in [0.05, 0.1) is 6.61 Å². The van der Waals surface area contributed by atoms with E-state index in [1.165, 1.54) is 6.08 Å². The normalized spacial score (nSPS) is 12.2. The van der Waals surface area contributed by atoms with Crippen LogP contribution in [0.2, 0.25) is 0 Å². The summed E-state index contributed by atoms with van der Waals surface area (Å²) >= 11 is 0. The summed E-state index contributed by atoms with van der Waals surface area (Å²) in [6.45, 7) is 2.69. The second-order valence-corrected chi connectivity index (χ2v) is 9.29. The number of aromatic nitrogens is 1. The van der Waals surface area contributed by atoms with Crippen molar-refractivity contribution in [2.75, 3.05) is 38.8 Å². The molecule has 1 heterocycles. The SMILES string of the molecule is CCOCCNS(=O)(=O)/C(C#N)=C/c1ccc(-c2ccc3cc(N(C)C)ccc3c2)n1C. The van der Waals surface area contributed by atoms with Crippen LogP contribution in [0, 0.1) is 11.3 Å². The van der Waals surface area contributed by atoms with Crippen LogP contribution in [0.4, 0.5) is 5.69 Å². The van der Waals surface area contributed by atoms with E-state index < -0.39 is 10.0 Å². The molecule has 0 atom stereocenters. The van der Waals surface area contributed by atoms with Crippen molar-refractivity contribution in [2.45, 2.75) is 6.92 Å². The molecule has 0 radical (unpaired) electrons. The van der Waals surface area contributed by atoms with Crippen LogP contribution in [0.15, 0.2) is 53.4 Å². The zero-order valence-corrected chi connectivity index (χ0v) is 19.6. The lowest BCUT2D eigenvalue weighted by Crippen LogP contribution is -2.28. The second-order valence-electron chi connectivity index (χ2n) is 7.56. The molecule has 0 saturated carbocycles. The van der Waals surface area contributed by atoms with Gasteiger partial charge in [0.2, 0.25) is 0 Å². The maximum atomic E-state index is 12.5. The number of fused-ring (bicyclic) bond motifs is 1. The molecule has 168 valence electrons. The Morgan fingerprint density at radius 3 is 2.56 bits per heavy atom. The summed E-state index contributed by atoms with van der Waals surface area (Å²) in [5.41, 5.74) is 3.69. The van der Waals surface area contributed by atoms with Gasteiger partial charge >= 0.3 is 0 Å². The van der Waals surface area contributed by atoms with Crippen molar-refractivity contribution in [3.8, 4) is 17.3 Å². The highest BCUT2D eigenvalue weighted by atomic mass is 32.2. The van der Waals surface area contributed by atoms with Gasteiger partial charge in [0.15, 0.2) is 4.91 Å². The Hall–Kier alpha value is -3.12. The minimum atomic E-state index is -3.91. The molecule has 0 aliphatic heterocycles. The van der Waals surface area contributed by atoms with Crippen molar-refractivity contribution in [2.24, 2.45) is 7.05 Å². The molecule has 3 rings (SSSR count). The summed E-state index contributed by atoms with van der Waals surface area (Å²) < 4.78 is 34.4. The van der Waals surface area contributed by atoms with E-state index in [0.717, 1.165) is 27.7 Å². The molecule has 3 aromatic rings. The maximum absolute atomic E-state index is 12.5. The van der Waals surface area contributed by atoms with Gasteiger partial charge in [-0.1, -0.05) is 18.2 Å². The highest BCUT2D eigenvalue weighted by Crippen LogP contribution is 2.28. The Labute approximate surface area is 189 Å². The molecule has 8 heteroatoms. The highest BCUT2D eigenvalue weighted by Gasteiger charge is 2.18. The zero-order chi connectivity index (χ0) is 23.3. The van der Waals surface area contributed by atoms with Crippen molar-refractivity contribution in [1.82, 2.24) is 9.29 Å². The fourth-order valence-electron chi connectivity index (χ4n) is 3.41. The standard InChI is InChI=1S/C24H28N4O3S/c1-5-31-13-12-26-32(29,30)23(17-25)16-22-10-11-24(28(22)4)20-7-6-19-15-21(27(2)3)9-8-18(19)14-20/h6-11,14-16,26H,5,12-13H2,1-4H3/b23-16+. The number of ether oxygens (including phenoxy) is 1. The average Bonchev–Trinajstić information content (AvgIpc) is 3.14. The van der Waals surface area contributed by atoms with Gasteiger partial charge in [0, 0.05) is 51.4 Å². The first-order chi connectivity index (χ1) is 15.3. The fraction of sp³-hybridized carbons (Fsp3) is 0.292. The lowest BCUT2D eigenvalue weighted by atomic mass is 10.0. The number of nitriles is 1. The van der Waals surface area contributed by atoms with Crippen LogP contribution in [0.5, 0.6) is 0 Å². The summed E-state index contributed by atoms with van der Waals surface area (Å²) in [4.78, 5) is 1.73. The topological polar surface area (TPSA) is 87.4 Å². The summed E-state index contributed by atoms with van der Waals surface area (Å²) in [7, 11) is 1.97. The van der Waals surface area contributed by atoms with Gasteiger partial charge in [-0.05, 0) is 59.7 Å². The number of allylic oxidation sites excluding steroid dienone is 1. The molecule has 0 spiro atoms. The lowest BCUT2D eigenvalue weighted by Gasteiger charge is -2.13. The third kappa shape index (κ3) is 5.19. The molecule has 7 nitrogen and oxygen atoms in total. The van der Waals surface area contributed by atoms with Crippen molar-refractivity contribution in [3.05, 3.63) is 59.1 Å². The summed E-state index contributed by atoms with van der Waals surface area (Å²) in [5, 5.41) is 11.7. The molecule has 1 N–H and O–H groups in total. The third-order valence-electron chi connectivity index (χ3n) is 5.22. The first-order valence-electron chi connectivity index (χ1n) is 10.3. The van der Waals surface area contributed by atoms with Crippen LogP contribution in [0.3, 0.4) is 0 Å². The molecule has 0 unspecified atom stereocenters. The Kier molecular flexibility index (Phi) is 7.36. The molecule has 0 saturated heterocycles. The number of rotatable bonds is 9. The van der Waals surface area contributed by atoms with E-state index in [9.17, 15) is 13.7 Å². The molecule has 0 aliphatic rings. The van der Waals surface area contributed by atoms with Gasteiger partial charge in [-0.25, -0.2) is 13.1 Å². The molecule has 0 aliphatic carbocycles. The molecular formula is C24H28N4O3S. The first-order valence-corrected chi connectivity index (χ1v) is 11.8. The Balaban J connectivity index is 1.90. The van der Waals surface area contributed by atoms with E-state index in [1.54, 1.807) is 6.07 Å². The minimum absolute atomic E-state index is 0.111. The van der Waals surface area contributed by atoms with Crippen molar-refractivity contribution in [1.29, 1.82) is 5.26 Å². The average molecular weight is 453 g/mol. The smallest absolute Gasteiger partial charge is 0.250 e. The second kappa shape index (κ2) is 10.0. The number of anilines is 1.